The first-order valence-electron chi connectivity index (χ1n) is 6.35. The van der Waals surface area contributed by atoms with Crippen molar-refractivity contribution >= 4 is 15.7 Å². The Morgan fingerprint density at radius 2 is 1.79 bits per heavy atom. The zero-order chi connectivity index (χ0) is 14.2. The van der Waals surface area contributed by atoms with Gasteiger partial charge in [0, 0.05) is 13.1 Å². The van der Waals surface area contributed by atoms with Gasteiger partial charge in [0.2, 0.25) is 10.0 Å². The van der Waals surface area contributed by atoms with Crippen LogP contribution in [0.2, 0.25) is 0 Å². The quantitative estimate of drug-likeness (QED) is 0.667. The minimum Gasteiger partial charge on any atom is -0.398 e. The Kier molecular flexibility index (Phi) is 3.69. The van der Waals surface area contributed by atoms with Crippen LogP contribution in [0.25, 0.3) is 0 Å². The number of nitrogen functional groups attached to an aromatic ring is 1. The van der Waals surface area contributed by atoms with Gasteiger partial charge in [-0.25, -0.2) is 8.42 Å². The lowest BCUT2D eigenvalue weighted by molar-refractivity contribution is 0.428. The van der Waals surface area contributed by atoms with Crippen LogP contribution in [0.1, 0.15) is 24.5 Å². The molecule has 0 spiro atoms. The molecular weight excluding hydrogens is 260 g/mol. The monoisotopic (exact) mass is 280 g/mol. The number of anilines is 1. The fourth-order valence-electron chi connectivity index (χ4n) is 2.26. The van der Waals surface area contributed by atoms with Gasteiger partial charge in [-0.2, -0.15) is 4.31 Å². The van der Waals surface area contributed by atoms with Crippen LogP contribution >= 0.6 is 0 Å². The maximum atomic E-state index is 12.6. The summed E-state index contributed by atoms with van der Waals surface area (Å²) in [6.45, 7) is 6.75. The average molecular weight is 280 g/mol. The lowest BCUT2D eigenvalue weighted by atomic mass is 10.1. The molecule has 5 heteroatoms. The average Bonchev–Trinajstić information content (AvgIpc) is 2.33. The summed E-state index contributed by atoms with van der Waals surface area (Å²) in [4.78, 5) is 0.227. The molecule has 19 heavy (non-hydrogen) atoms. The van der Waals surface area contributed by atoms with Crippen LogP contribution in [0, 0.1) is 13.8 Å². The third-order valence-corrected chi connectivity index (χ3v) is 5.44. The minimum absolute atomic E-state index is 0.227. The Bertz CT molecular complexity index is 633. The normalized spacial score (nSPS) is 17.3. The summed E-state index contributed by atoms with van der Waals surface area (Å²) in [7, 11) is -3.50. The summed E-state index contributed by atoms with van der Waals surface area (Å²) in [6, 6.07) is 3.41. The molecule has 0 radical (unpaired) electrons. The highest BCUT2D eigenvalue weighted by Crippen LogP contribution is 2.27. The van der Waals surface area contributed by atoms with E-state index in [0.717, 1.165) is 23.1 Å². The predicted molar refractivity (Wildman–Crippen MR) is 77.5 cm³/mol. The Labute approximate surface area is 115 Å². The second-order valence-corrected chi connectivity index (χ2v) is 7.06. The molecule has 1 heterocycles. The third-order valence-electron chi connectivity index (χ3n) is 3.54. The van der Waals surface area contributed by atoms with Crippen LogP contribution in [0.5, 0.6) is 0 Å². The van der Waals surface area contributed by atoms with E-state index in [0.29, 0.717) is 18.8 Å². The SMILES string of the molecule is CC1=CCCN(S(=O)(=O)c2cc(C)c(C)cc2N)C1. The van der Waals surface area contributed by atoms with Gasteiger partial charge in [0.15, 0.2) is 0 Å². The molecule has 1 aromatic carbocycles. The largest absolute Gasteiger partial charge is 0.398 e. The third kappa shape index (κ3) is 2.67. The van der Waals surface area contributed by atoms with E-state index in [4.69, 9.17) is 5.73 Å². The summed E-state index contributed by atoms with van der Waals surface area (Å²) >= 11 is 0. The molecule has 1 aliphatic rings. The lowest BCUT2D eigenvalue weighted by Gasteiger charge is -2.26. The first-order chi connectivity index (χ1) is 8.82. The van der Waals surface area contributed by atoms with Crippen molar-refractivity contribution in [1.82, 2.24) is 4.31 Å². The molecule has 104 valence electrons. The molecule has 0 amide bonds. The van der Waals surface area contributed by atoms with E-state index >= 15 is 0 Å². The summed E-state index contributed by atoms with van der Waals surface area (Å²) in [6.07, 6.45) is 2.84. The fraction of sp³-hybridized carbons (Fsp3) is 0.429. The van der Waals surface area contributed by atoms with Crippen LogP contribution in [0.3, 0.4) is 0 Å². The van der Waals surface area contributed by atoms with Gasteiger partial charge >= 0.3 is 0 Å². The Balaban J connectivity index is 2.45. The molecular formula is C14H20N2O2S. The van der Waals surface area contributed by atoms with E-state index in [1.165, 1.54) is 4.31 Å². The number of hydrogen-bond acceptors (Lipinski definition) is 3. The first-order valence-corrected chi connectivity index (χ1v) is 7.79. The number of sulfonamides is 1. The molecule has 1 aromatic rings. The van der Waals surface area contributed by atoms with Gasteiger partial charge < -0.3 is 5.73 Å². The van der Waals surface area contributed by atoms with E-state index in [9.17, 15) is 8.42 Å². The zero-order valence-corrected chi connectivity index (χ0v) is 12.4. The van der Waals surface area contributed by atoms with E-state index in [2.05, 4.69) is 6.08 Å². The molecule has 4 nitrogen and oxygen atoms in total. The van der Waals surface area contributed by atoms with Gasteiger partial charge in [-0.3, -0.25) is 0 Å². The molecule has 0 unspecified atom stereocenters. The molecule has 2 N–H and O–H groups in total. The highest BCUT2D eigenvalue weighted by molar-refractivity contribution is 7.89. The maximum absolute atomic E-state index is 12.6. The van der Waals surface area contributed by atoms with Crippen molar-refractivity contribution in [3.63, 3.8) is 0 Å². The number of benzene rings is 1. The highest BCUT2D eigenvalue weighted by Gasteiger charge is 2.28. The standard InChI is InChI=1S/C14H20N2O2S/c1-10-5-4-6-16(9-10)19(17,18)14-8-12(3)11(2)7-13(14)15/h5,7-8H,4,6,9,15H2,1-3H3. The molecule has 0 bridgehead atoms. The van der Waals surface area contributed by atoms with Crippen LogP contribution in [0.15, 0.2) is 28.7 Å². The van der Waals surface area contributed by atoms with Crippen LogP contribution in [-0.4, -0.2) is 25.8 Å². The van der Waals surface area contributed by atoms with Crippen molar-refractivity contribution in [2.45, 2.75) is 32.1 Å². The van der Waals surface area contributed by atoms with Gasteiger partial charge in [0.1, 0.15) is 4.90 Å². The van der Waals surface area contributed by atoms with Gasteiger partial charge in [-0.05, 0) is 50.5 Å². The van der Waals surface area contributed by atoms with E-state index in [1.807, 2.05) is 20.8 Å². The Morgan fingerprint density at radius 3 is 2.42 bits per heavy atom. The van der Waals surface area contributed by atoms with Crippen LogP contribution < -0.4 is 5.73 Å². The molecule has 0 atom stereocenters. The minimum atomic E-state index is -3.50. The topological polar surface area (TPSA) is 63.4 Å². The number of hydrogen-bond donors (Lipinski definition) is 1. The molecule has 0 aliphatic carbocycles. The molecule has 2 rings (SSSR count). The molecule has 0 aromatic heterocycles. The van der Waals surface area contributed by atoms with E-state index < -0.39 is 10.0 Å². The number of rotatable bonds is 2. The number of nitrogens with two attached hydrogens (primary N) is 1. The Hall–Kier alpha value is -1.33. The summed E-state index contributed by atoms with van der Waals surface area (Å²) in [5, 5.41) is 0. The predicted octanol–water partition coefficient (Wildman–Crippen LogP) is 2.23. The molecule has 1 aliphatic heterocycles. The lowest BCUT2D eigenvalue weighted by Crippen LogP contribution is -2.35. The maximum Gasteiger partial charge on any atom is 0.245 e. The molecule has 0 saturated heterocycles. The summed E-state index contributed by atoms with van der Waals surface area (Å²) in [5.41, 5.74) is 9.25. The van der Waals surface area contributed by atoms with Crippen molar-refractivity contribution in [3.8, 4) is 0 Å². The van der Waals surface area contributed by atoms with Crippen LogP contribution in [-0.2, 0) is 10.0 Å². The summed E-state index contributed by atoms with van der Waals surface area (Å²) < 4.78 is 26.8. The van der Waals surface area contributed by atoms with Crippen molar-refractivity contribution < 1.29 is 8.42 Å². The zero-order valence-electron chi connectivity index (χ0n) is 11.6. The van der Waals surface area contributed by atoms with E-state index in [-0.39, 0.29) is 4.90 Å². The summed E-state index contributed by atoms with van der Waals surface area (Å²) in [5.74, 6) is 0. The number of nitrogens with zero attached hydrogens (tertiary/aromatic N) is 1. The number of aryl methyl sites for hydroxylation is 2. The van der Waals surface area contributed by atoms with Gasteiger partial charge in [-0.1, -0.05) is 11.6 Å². The van der Waals surface area contributed by atoms with E-state index in [1.54, 1.807) is 12.1 Å². The molecule has 0 fully saturated rings. The Morgan fingerprint density at radius 1 is 1.16 bits per heavy atom. The first kappa shape index (κ1) is 14.1. The van der Waals surface area contributed by atoms with Gasteiger partial charge in [-0.15, -0.1) is 0 Å². The fourth-order valence-corrected chi connectivity index (χ4v) is 3.94. The smallest absolute Gasteiger partial charge is 0.245 e. The van der Waals surface area contributed by atoms with Crippen molar-refractivity contribution in [2.24, 2.45) is 0 Å². The van der Waals surface area contributed by atoms with Crippen molar-refractivity contribution in [3.05, 3.63) is 34.9 Å². The second-order valence-electron chi connectivity index (χ2n) is 5.15. The van der Waals surface area contributed by atoms with Crippen LogP contribution in [0.4, 0.5) is 5.69 Å². The van der Waals surface area contributed by atoms with Crippen molar-refractivity contribution in [1.29, 1.82) is 0 Å². The second kappa shape index (κ2) is 4.98. The van der Waals surface area contributed by atoms with Crippen molar-refractivity contribution in [2.75, 3.05) is 18.8 Å². The highest BCUT2D eigenvalue weighted by atomic mass is 32.2. The van der Waals surface area contributed by atoms with Gasteiger partial charge in [0.05, 0.1) is 5.69 Å². The molecule has 0 saturated carbocycles. The van der Waals surface area contributed by atoms with Gasteiger partial charge in [0.25, 0.3) is 0 Å².